The number of hydrogen-bond donors (Lipinski definition) is 0. The summed E-state index contributed by atoms with van der Waals surface area (Å²) in [6.45, 7) is 11.1. The number of aryl methyl sites for hydroxylation is 1. The van der Waals surface area contributed by atoms with Crippen LogP contribution in [-0.2, 0) is 5.41 Å². The highest BCUT2D eigenvalue weighted by atomic mass is 15.0. The number of benzene rings is 6. The van der Waals surface area contributed by atoms with Crippen LogP contribution in [-0.4, -0.2) is 9.13 Å². The quantitative estimate of drug-likeness (QED) is 0.153. The largest absolute Gasteiger partial charge is 0.310 e. The summed E-state index contributed by atoms with van der Waals surface area (Å²) in [4.78, 5) is 0. The summed E-state index contributed by atoms with van der Waals surface area (Å²) in [7, 11) is 0. The molecule has 2 aromatic heterocycles. The van der Waals surface area contributed by atoms with E-state index in [0.717, 1.165) is 42.6 Å². The van der Waals surface area contributed by atoms with Gasteiger partial charge in [0.05, 0.1) is 27.7 Å². The maximum Gasteiger partial charge on any atom is 0.0713 e. The van der Waals surface area contributed by atoms with E-state index in [9.17, 15) is 0 Å². The van der Waals surface area contributed by atoms with E-state index in [1.54, 1.807) is 0 Å². The molecule has 290 valence electrons. The van der Waals surface area contributed by atoms with E-state index in [2.05, 4.69) is 206 Å². The molecule has 0 bridgehead atoms. The van der Waals surface area contributed by atoms with Crippen LogP contribution in [0.5, 0.6) is 0 Å². The molecule has 1 atom stereocenters. The van der Waals surface area contributed by atoms with Crippen LogP contribution >= 0.6 is 0 Å². The van der Waals surface area contributed by atoms with Crippen molar-refractivity contribution in [1.82, 2.24) is 9.13 Å². The van der Waals surface area contributed by atoms with Crippen molar-refractivity contribution in [2.24, 2.45) is 0 Å². The van der Waals surface area contributed by atoms with Gasteiger partial charge in [-0.15, -0.1) is 0 Å². The summed E-state index contributed by atoms with van der Waals surface area (Å²) in [5.41, 5.74) is 21.1. The second kappa shape index (κ2) is 14.1. The molecule has 0 aliphatic heterocycles. The molecule has 6 aromatic carbocycles. The fourth-order valence-corrected chi connectivity index (χ4v) is 10.8. The van der Waals surface area contributed by atoms with Crippen LogP contribution in [0, 0.1) is 6.92 Å². The molecular formula is C58H48N2. The molecule has 0 saturated carbocycles. The zero-order valence-corrected chi connectivity index (χ0v) is 34.7. The van der Waals surface area contributed by atoms with Crippen LogP contribution in [0.25, 0.3) is 78.5 Å². The Bertz CT molecular complexity index is 3240. The molecule has 0 fully saturated rings. The molecule has 0 amide bonds. The molecule has 2 heterocycles. The number of rotatable bonds is 7. The van der Waals surface area contributed by atoms with Crippen molar-refractivity contribution in [3.63, 3.8) is 0 Å². The molecule has 60 heavy (non-hydrogen) atoms. The van der Waals surface area contributed by atoms with Gasteiger partial charge in [0.2, 0.25) is 0 Å². The normalized spacial score (nSPS) is 17.3. The molecule has 3 aliphatic carbocycles. The van der Waals surface area contributed by atoms with Crippen molar-refractivity contribution < 1.29 is 0 Å². The van der Waals surface area contributed by atoms with Gasteiger partial charge in [0.25, 0.3) is 0 Å². The molecular weight excluding hydrogens is 725 g/mol. The fourth-order valence-electron chi connectivity index (χ4n) is 10.8. The molecule has 8 aromatic rings. The Hall–Kier alpha value is -6.90. The van der Waals surface area contributed by atoms with E-state index in [1.165, 1.54) is 94.1 Å². The topological polar surface area (TPSA) is 9.86 Å². The standard InChI is InChI=1S/C58H48N2/c1-5-17-54-45(6-2)49-35-40(41-28-33-57-50(36-41)48-23-14-16-25-55(48)59(57)43-21-11-8-12-22-43)27-32-56(49)60(54)44-29-31-47-46-30-26-38(3)34-52(46)58(53(47)37-44,42-19-9-7-10-20-42)51-24-15-13-18-39(51)4/h5-7,9-11,14-17,19-37H,2,8,12-13,18H2,1,3-4H3/b17-5-. The van der Waals surface area contributed by atoms with Crippen LogP contribution in [0.3, 0.4) is 0 Å². The smallest absolute Gasteiger partial charge is 0.0713 e. The average Bonchev–Trinajstić information content (AvgIpc) is 3.89. The Kier molecular flexibility index (Phi) is 8.53. The third-order valence-electron chi connectivity index (χ3n) is 13.4. The fraction of sp³-hybridized carbons (Fsp3) is 0.138. The van der Waals surface area contributed by atoms with Gasteiger partial charge in [-0.2, -0.15) is 0 Å². The zero-order valence-electron chi connectivity index (χ0n) is 34.7. The number of hydrogen-bond acceptors (Lipinski definition) is 0. The Labute approximate surface area is 353 Å². The molecule has 1 unspecified atom stereocenters. The lowest BCUT2D eigenvalue weighted by atomic mass is 9.64. The molecule has 0 N–H and O–H groups in total. The minimum absolute atomic E-state index is 0.446. The van der Waals surface area contributed by atoms with Crippen molar-refractivity contribution in [3.05, 3.63) is 215 Å². The lowest BCUT2D eigenvalue weighted by molar-refractivity contribution is 0.733. The highest BCUT2D eigenvalue weighted by Gasteiger charge is 2.48. The molecule has 0 radical (unpaired) electrons. The molecule has 0 spiro atoms. The maximum absolute atomic E-state index is 4.41. The first-order valence-electron chi connectivity index (χ1n) is 21.5. The molecule has 2 nitrogen and oxygen atoms in total. The van der Waals surface area contributed by atoms with E-state index in [-0.39, 0.29) is 0 Å². The van der Waals surface area contributed by atoms with Gasteiger partial charge in [-0.25, -0.2) is 0 Å². The van der Waals surface area contributed by atoms with Crippen LogP contribution in [0.15, 0.2) is 182 Å². The number of allylic oxidation sites excluding steroid dienone is 9. The molecule has 2 heteroatoms. The summed E-state index contributed by atoms with van der Waals surface area (Å²) >= 11 is 0. The van der Waals surface area contributed by atoms with E-state index in [4.69, 9.17) is 0 Å². The van der Waals surface area contributed by atoms with Gasteiger partial charge < -0.3 is 9.13 Å². The molecule has 11 rings (SSSR count). The van der Waals surface area contributed by atoms with Gasteiger partial charge in [-0.05, 0) is 146 Å². The van der Waals surface area contributed by atoms with Gasteiger partial charge in [0, 0.05) is 33.1 Å². The van der Waals surface area contributed by atoms with Crippen LogP contribution in [0.1, 0.15) is 73.0 Å². The third-order valence-corrected chi connectivity index (χ3v) is 13.4. The predicted octanol–water partition coefficient (Wildman–Crippen LogP) is 15.6. The number of nitrogens with zero attached hydrogens (tertiary/aromatic N) is 2. The second-order valence-electron chi connectivity index (χ2n) is 16.8. The van der Waals surface area contributed by atoms with E-state index in [1.807, 2.05) is 6.08 Å². The van der Waals surface area contributed by atoms with Crippen molar-refractivity contribution in [2.45, 2.75) is 51.9 Å². The van der Waals surface area contributed by atoms with E-state index >= 15 is 0 Å². The van der Waals surface area contributed by atoms with Crippen LogP contribution in [0.4, 0.5) is 0 Å². The summed E-state index contributed by atoms with van der Waals surface area (Å²) in [6, 6.07) is 48.3. The summed E-state index contributed by atoms with van der Waals surface area (Å²) in [6.07, 6.45) is 22.5. The summed E-state index contributed by atoms with van der Waals surface area (Å²) in [5.74, 6) is 0. The number of aromatic nitrogens is 2. The van der Waals surface area contributed by atoms with E-state index < -0.39 is 5.41 Å². The van der Waals surface area contributed by atoms with Crippen molar-refractivity contribution in [3.8, 4) is 27.9 Å². The first kappa shape index (κ1) is 36.2. The molecule has 0 saturated heterocycles. The van der Waals surface area contributed by atoms with Gasteiger partial charge in [0.15, 0.2) is 0 Å². The summed E-state index contributed by atoms with van der Waals surface area (Å²) < 4.78 is 4.89. The van der Waals surface area contributed by atoms with Crippen molar-refractivity contribution in [1.29, 1.82) is 0 Å². The SMILES string of the molecule is C=Cc1c(/C=C\C)n(-c2ccc3c(c2)C(C2=C(C)CCC=C2)(c2ccccc2)c2cc(C)ccc2-3)c2ccc(-c3ccc4c(c3)c3ccccc3n4C3=CCCC=C3)cc12. The average molecular weight is 773 g/mol. The van der Waals surface area contributed by atoms with Gasteiger partial charge in [-0.3, -0.25) is 0 Å². The minimum Gasteiger partial charge on any atom is -0.310 e. The van der Waals surface area contributed by atoms with Gasteiger partial charge in [-0.1, -0.05) is 139 Å². The first-order valence-corrected chi connectivity index (χ1v) is 21.5. The van der Waals surface area contributed by atoms with Crippen LogP contribution < -0.4 is 0 Å². The lowest BCUT2D eigenvalue weighted by Gasteiger charge is -2.37. The minimum atomic E-state index is -0.446. The van der Waals surface area contributed by atoms with Gasteiger partial charge in [0.1, 0.15) is 0 Å². The monoisotopic (exact) mass is 772 g/mol. The lowest BCUT2D eigenvalue weighted by Crippen LogP contribution is -2.30. The highest BCUT2D eigenvalue weighted by Crippen LogP contribution is 2.58. The molecule has 3 aliphatic rings. The Morgan fingerprint density at radius 1 is 0.617 bits per heavy atom. The summed E-state index contributed by atoms with van der Waals surface area (Å²) in [5, 5.41) is 3.74. The Morgan fingerprint density at radius 2 is 1.32 bits per heavy atom. The number of para-hydroxylation sites is 1. The Balaban J connectivity index is 1.12. The van der Waals surface area contributed by atoms with Crippen molar-refractivity contribution in [2.75, 3.05) is 0 Å². The highest BCUT2D eigenvalue weighted by molar-refractivity contribution is 6.12. The Morgan fingerprint density at radius 3 is 2.07 bits per heavy atom. The third kappa shape index (κ3) is 5.26. The van der Waals surface area contributed by atoms with Crippen LogP contribution in [0.2, 0.25) is 0 Å². The number of fused-ring (bicyclic) bond motifs is 7. The second-order valence-corrected chi connectivity index (χ2v) is 16.8. The van der Waals surface area contributed by atoms with Gasteiger partial charge >= 0.3 is 0 Å². The maximum atomic E-state index is 4.41. The zero-order chi connectivity index (χ0) is 40.5. The predicted molar refractivity (Wildman–Crippen MR) is 257 cm³/mol. The van der Waals surface area contributed by atoms with Crippen molar-refractivity contribution >= 4 is 50.6 Å². The first-order chi connectivity index (χ1) is 29.5. The van der Waals surface area contributed by atoms with E-state index in [0.29, 0.717) is 0 Å².